The fraction of sp³-hybridized carbons (Fsp3) is 0.296. The number of amides is 1. The normalized spacial score (nSPS) is 12.6. The summed E-state index contributed by atoms with van der Waals surface area (Å²) >= 11 is 0. The molecule has 0 spiro atoms. The van der Waals surface area contributed by atoms with Crippen LogP contribution in [0.2, 0.25) is 0 Å². The molecule has 10 heteroatoms. The summed E-state index contributed by atoms with van der Waals surface area (Å²) in [7, 11) is -2.81. The molecule has 0 aliphatic carbocycles. The number of nitrogens with zero attached hydrogens (tertiary/aromatic N) is 1. The summed E-state index contributed by atoms with van der Waals surface area (Å²) in [5, 5.41) is 2.82. The second-order valence-corrected chi connectivity index (χ2v) is 10.5. The minimum absolute atomic E-state index is 0.138. The van der Waals surface area contributed by atoms with Crippen LogP contribution in [0.1, 0.15) is 41.6 Å². The number of halogens is 3. The van der Waals surface area contributed by atoms with Crippen LogP contribution in [-0.2, 0) is 21.0 Å². The first-order chi connectivity index (χ1) is 17.4. The Bertz CT molecular complexity index is 1360. The molecule has 1 unspecified atom stereocenters. The number of methoxy groups -OCH3 is 1. The van der Waals surface area contributed by atoms with Crippen molar-refractivity contribution in [1.29, 1.82) is 0 Å². The van der Waals surface area contributed by atoms with Gasteiger partial charge in [0.25, 0.3) is 10.0 Å². The van der Waals surface area contributed by atoms with E-state index < -0.39 is 40.3 Å². The van der Waals surface area contributed by atoms with Gasteiger partial charge in [-0.15, -0.1) is 0 Å². The number of rotatable bonds is 9. The Morgan fingerprint density at radius 3 is 2.27 bits per heavy atom. The van der Waals surface area contributed by atoms with Crippen LogP contribution in [0, 0.1) is 13.8 Å². The van der Waals surface area contributed by atoms with Gasteiger partial charge in [-0.3, -0.25) is 9.10 Å². The summed E-state index contributed by atoms with van der Waals surface area (Å²) in [6, 6.07) is 14.8. The van der Waals surface area contributed by atoms with Gasteiger partial charge in [0.05, 0.1) is 29.3 Å². The lowest BCUT2D eigenvalue weighted by atomic mass is 10.0. The zero-order valence-electron chi connectivity index (χ0n) is 21.0. The van der Waals surface area contributed by atoms with Gasteiger partial charge in [-0.2, -0.15) is 13.2 Å². The van der Waals surface area contributed by atoms with E-state index in [9.17, 15) is 26.4 Å². The van der Waals surface area contributed by atoms with Crippen molar-refractivity contribution in [3.8, 4) is 5.75 Å². The number of hydrogen-bond acceptors (Lipinski definition) is 4. The van der Waals surface area contributed by atoms with E-state index in [1.807, 2.05) is 19.9 Å². The Hall–Kier alpha value is -3.53. The number of carbonyl (C=O) groups is 1. The maximum absolute atomic E-state index is 13.5. The van der Waals surface area contributed by atoms with Crippen LogP contribution in [0.3, 0.4) is 0 Å². The number of anilines is 1. The SMILES string of the molecule is CCC(NC(=O)CN(c1cccc(C(F)(F)F)c1)S(=O)(=O)c1ccc(C)cc1)c1ccc(OC)c(C)c1. The molecule has 1 atom stereocenters. The molecular weight excluding hydrogens is 505 g/mol. The number of nitrogens with one attached hydrogen (secondary N) is 1. The maximum atomic E-state index is 13.5. The first-order valence-corrected chi connectivity index (χ1v) is 13.0. The van der Waals surface area contributed by atoms with E-state index in [1.54, 1.807) is 38.3 Å². The summed E-state index contributed by atoms with van der Waals surface area (Å²) in [6.07, 6.45) is -4.18. The van der Waals surface area contributed by atoms with E-state index in [-0.39, 0.29) is 10.6 Å². The molecule has 0 heterocycles. The van der Waals surface area contributed by atoms with Crippen molar-refractivity contribution < 1.29 is 31.1 Å². The average Bonchev–Trinajstić information content (AvgIpc) is 2.85. The molecule has 0 aromatic heterocycles. The van der Waals surface area contributed by atoms with Crippen molar-refractivity contribution in [2.75, 3.05) is 18.0 Å². The summed E-state index contributed by atoms with van der Waals surface area (Å²) in [5.74, 6) is 0.0262. The monoisotopic (exact) mass is 534 g/mol. The van der Waals surface area contributed by atoms with E-state index in [2.05, 4.69) is 5.32 Å². The predicted molar refractivity (Wildman–Crippen MR) is 136 cm³/mol. The molecule has 3 aromatic rings. The average molecular weight is 535 g/mol. The second-order valence-electron chi connectivity index (χ2n) is 8.63. The Balaban J connectivity index is 1.97. The van der Waals surface area contributed by atoms with Crippen molar-refractivity contribution in [2.24, 2.45) is 0 Å². The molecule has 0 fully saturated rings. The standard InChI is InChI=1S/C27H29F3N2O4S/c1-5-24(20-11-14-25(36-4)19(3)15-20)31-26(33)17-32(22-8-6-7-21(16-22)27(28,29)30)37(34,35)23-12-9-18(2)10-13-23/h6-16,24H,5,17H2,1-4H3,(H,31,33). The molecule has 198 valence electrons. The second kappa shape index (κ2) is 11.2. The Morgan fingerprint density at radius 1 is 1.03 bits per heavy atom. The molecule has 0 radical (unpaired) electrons. The highest BCUT2D eigenvalue weighted by Gasteiger charge is 2.33. The van der Waals surface area contributed by atoms with Gasteiger partial charge < -0.3 is 10.1 Å². The van der Waals surface area contributed by atoms with Crippen LogP contribution in [0.15, 0.2) is 71.6 Å². The third kappa shape index (κ3) is 6.62. The van der Waals surface area contributed by atoms with Crippen LogP contribution in [0.25, 0.3) is 0 Å². The first kappa shape index (κ1) is 28.0. The molecule has 37 heavy (non-hydrogen) atoms. The summed E-state index contributed by atoms with van der Waals surface area (Å²) in [6.45, 7) is 4.79. The van der Waals surface area contributed by atoms with Crippen molar-refractivity contribution in [2.45, 2.75) is 44.3 Å². The molecule has 1 N–H and O–H groups in total. The van der Waals surface area contributed by atoms with Crippen molar-refractivity contribution in [1.82, 2.24) is 5.32 Å². The lowest BCUT2D eigenvalue weighted by molar-refractivity contribution is -0.137. The number of sulfonamides is 1. The summed E-state index contributed by atoms with van der Waals surface area (Å²) in [4.78, 5) is 13.0. The molecule has 6 nitrogen and oxygen atoms in total. The molecule has 0 aliphatic heterocycles. The van der Waals surface area contributed by atoms with E-state index in [4.69, 9.17) is 4.74 Å². The Kier molecular flexibility index (Phi) is 8.53. The number of ether oxygens (including phenoxy) is 1. The van der Waals surface area contributed by atoms with Crippen LogP contribution >= 0.6 is 0 Å². The van der Waals surface area contributed by atoms with Gasteiger partial charge in [0.2, 0.25) is 5.91 Å². The molecule has 0 saturated carbocycles. The molecular formula is C27H29F3N2O4S. The molecule has 0 saturated heterocycles. The number of hydrogen-bond donors (Lipinski definition) is 1. The molecule has 3 rings (SSSR count). The molecule has 1 amide bonds. The highest BCUT2D eigenvalue weighted by atomic mass is 32.2. The number of benzene rings is 3. The smallest absolute Gasteiger partial charge is 0.416 e. The van der Waals surface area contributed by atoms with E-state index in [0.717, 1.165) is 34.9 Å². The van der Waals surface area contributed by atoms with Gasteiger partial charge in [0.15, 0.2) is 0 Å². The van der Waals surface area contributed by atoms with E-state index >= 15 is 0 Å². The fourth-order valence-corrected chi connectivity index (χ4v) is 5.31. The van der Waals surface area contributed by atoms with Gasteiger partial charge in [-0.25, -0.2) is 8.42 Å². The largest absolute Gasteiger partial charge is 0.496 e. The number of alkyl halides is 3. The van der Waals surface area contributed by atoms with Crippen LogP contribution in [0.5, 0.6) is 5.75 Å². The first-order valence-electron chi connectivity index (χ1n) is 11.6. The Morgan fingerprint density at radius 2 is 1.70 bits per heavy atom. The molecule has 3 aromatic carbocycles. The Labute approximate surface area is 215 Å². The van der Waals surface area contributed by atoms with E-state index in [1.165, 1.54) is 18.2 Å². The van der Waals surface area contributed by atoms with Gasteiger partial charge in [0, 0.05) is 0 Å². The topological polar surface area (TPSA) is 75.7 Å². The summed E-state index contributed by atoms with van der Waals surface area (Å²) < 4.78 is 73.2. The lowest BCUT2D eigenvalue weighted by Gasteiger charge is -2.26. The number of carbonyl (C=O) groups excluding carboxylic acids is 1. The van der Waals surface area contributed by atoms with Gasteiger partial charge >= 0.3 is 6.18 Å². The van der Waals surface area contributed by atoms with Crippen molar-refractivity contribution in [3.63, 3.8) is 0 Å². The highest BCUT2D eigenvalue weighted by Crippen LogP contribution is 2.33. The van der Waals surface area contributed by atoms with Gasteiger partial charge in [-0.1, -0.05) is 42.8 Å². The fourth-order valence-electron chi connectivity index (χ4n) is 3.90. The van der Waals surface area contributed by atoms with Gasteiger partial charge in [-0.05, 0) is 67.8 Å². The van der Waals surface area contributed by atoms with Crippen molar-refractivity contribution >= 4 is 21.6 Å². The van der Waals surface area contributed by atoms with Crippen LogP contribution in [0.4, 0.5) is 18.9 Å². The van der Waals surface area contributed by atoms with Crippen LogP contribution < -0.4 is 14.4 Å². The summed E-state index contributed by atoms with van der Waals surface area (Å²) in [5.41, 5.74) is 1.18. The van der Waals surface area contributed by atoms with E-state index in [0.29, 0.717) is 16.5 Å². The minimum atomic E-state index is -4.68. The molecule has 0 aliphatic rings. The van der Waals surface area contributed by atoms with Crippen molar-refractivity contribution in [3.05, 3.63) is 89.0 Å². The van der Waals surface area contributed by atoms with Gasteiger partial charge in [0.1, 0.15) is 12.3 Å². The quantitative estimate of drug-likeness (QED) is 0.377. The lowest BCUT2D eigenvalue weighted by Crippen LogP contribution is -2.42. The maximum Gasteiger partial charge on any atom is 0.416 e. The highest BCUT2D eigenvalue weighted by molar-refractivity contribution is 7.92. The van der Waals surface area contributed by atoms with Crippen LogP contribution in [-0.4, -0.2) is 28.0 Å². The zero-order valence-corrected chi connectivity index (χ0v) is 21.8. The minimum Gasteiger partial charge on any atom is -0.496 e. The third-order valence-electron chi connectivity index (χ3n) is 5.92. The zero-order chi connectivity index (χ0) is 27.4. The predicted octanol–water partition coefficient (Wildman–Crippen LogP) is 5.79. The number of aryl methyl sites for hydroxylation is 2. The molecule has 0 bridgehead atoms. The third-order valence-corrected chi connectivity index (χ3v) is 7.71.